The molecule has 21 heavy (non-hydrogen) atoms. The van der Waals surface area contributed by atoms with Crippen LogP contribution in [0.4, 0.5) is 10.3 Å². The van der Waals surface area contributed by atoms with Crippen LogP contribution < -0.4 is 11.3 Å². The largest absolute Gasteiger partial charge is 0.369 e. The van der Waals surface area contributed by atoms with Gasteiger partial charge in [0.2, 0.25) is 5.95 Å². The van der Waals surface area contributed by atoms with Crippen molar-refractivity contribution < 1.29 is 4.39 Å². The number of imidazole rings is 1. The molecule has 0 bridgehead atoms. The van der Waals surface area contributed by atoms with Gasteiger partial charge in [0.05, 0.1) is 4.88 Å². The summed E-state index contributed by atoms with van der Waals surface area (Å²) in [4.78, 5) is 26.1. The van der Waals surface area contributed by atoms with Gasteiger partial charge in [-0.3, -0.25) is 9.78 Å². The van der Waals surface area contributed by atoms with Gasteiger partial charge in [-0.1, -0.05) is 6.07 Å². The molecule has 0 atom stereocenters. The fourth-order valence-electron chi connectivity index (χ4n) is 2.16. The summed E-state index contributed by atoms with van der Waals surface area (Å²) in [7, 11) is 0. The van der Waals surface area contributed by atoms with Gasteiger partial charge in [-0.15, -0.1) is 11.3 Å². The highest BCUT2D eigenvalue weighted by Gasteiger charge is 2.12. The van der Waals surface area contributed by atoms with Gasteiger partial charge in [0.15, 0.2) is 17.0 Å². The maximum absolute atomic E-state index is 13.2. The van der Waals surface area contributed by atoms with Crippen molar-refractivity contribution >= 4 is 38.5 Å². The van der Waals surface area contributed by atoms with E-state index in [2.05, 4.69) is 19.9 Å². The number of H-pyrrole nitrogens is 2. The lowest BCUT2D eigenvalue weighted by Gasteiger charge is -1.89. The fraction of sp³-hybridized carbons (Fsp3) is 0. The van der Waals surface area contributed by atoms with Gasteiger partial charge in [-0.2, -0.15) is 4.98 Å². The van der Waals surface area contributed by atoms with E-state index in [0.717, 1.165) is 15.0 Å². The molecule has 0 fully saturated rings. The summed E-state index contributed by atoms with van der Waals surface area (Å²) in [5.74, 6) is 0.241. The van der Waals surface area contributed by atoms with E-state index < -0.39 is 0 Å². The quantitative estimate of drug-likeness (QED) is 0.502. The first-order chi connectivity index (χ1) is 10.1. The number of rotatable bonds is 1. The van der Waals surface area contributed by atoms with E-state index in [4.69, 9.17) is 5.73 Å². The SMILES string of the molecule is Nc1nc2nc(-c3cc4ccc(F)cc4s3)[nH]c2c(=O)[nH]1. The molecule has 0 aliphatic rings. The molecule has 0 spiro atoms. The summed E-state index contributed by atoms with van der Waals surface area (Å²) in [5.41, 5.74) is 5.64. The molecule has 0 aliphatic carbocycles. The van der Waals surface area contributed by atoms with Gasteiger partial charge < -0.3 is 10.7 Å². The van der Waals surface area contributed by atoms with Crippen molar-refractivity contribution in [1.29, 1.82) is 0 Å². The first-order valence-electron chi connectivity index (χ1n) is 6.05. The van der Waals surface area contributed by atoms with Gasteiger partial charge in [0.1, 0.15) is 5.82 Å². The molecular weight excluding hydrogens is 293 g/mol. The van der Waals surface area contributed by atoms with E-state index in [1.165, 1.54) is 23.5 Å². The summed E-state index contributed by atoms with van der Waals surface area (Å²) in [5, 5.41) is 0.915. The van der Waals surface area contributed by atoms with Crippen molar-refractivity contribution in [1.82, 2.24) is 19.9 Å². The molecule has 8 heteroatoms. The molecule has 0 radical (unpaired) electrons. The second kappa shape index (κ2) is 4.13. The minimum Gasteiger partial charge on any atom is -0.369 e. The van der Waals surface area contributed by atoms with Crippen LogP contribution in [0.1, 0.15) is 0 Å². The van der Waals surface area contributed by atoms with E-state index in [0.29, 0.717) is 5.82 Å². The predicted molar refractivity (Wildman–Crippen MR) is 79.7 cm³/mol. The highest BCUT2D eigenvalue weighted by atomic mass is 32.1. The Kier molecular flexibility index (Phi) is 2.36. The van der Waals surface area contributed by atoms with E-state index in [1.807, 2.05) is 6.07 Å². The molecule has 6 nitrogen and oxygen atoms in total. The third kappa shape index (κ3) is 1.88. The van der Waals surface area contributed by atoms with Crippen molar-refractivity contribution in [3.63, 3.8) is 0 Å². The number of nitrogens with two attached hydrogens (primary N) is 1. The molecule has 0 saturated carbocycles. The lowest BCUT2D eigenvalue weighted by atomic mass is 10.2. The molecule has 4 aromatic rings. The number of thiophene rings is 1. The highest BCUT2D eigenvalue weighted by Crippen LogP contribution is 2.32. The number of aromatic nitrogens is 4. The smallest absolute Gasteiger partial charge is 0.278 e. The van der Waals surface area contributed by atoms with Crippen LogP contribution in [-0.2, 0) is 0 Å². The Morgan fingerprint density at radius 2 is 2.05 bits per heavy atom. The molecule has 104 valence electrons. The number of nitrogen functional groups attached to an aromatic ring is 1. The summed E-state index contributed by atoms with van der Waals surface area (Å²) in [6.45, 7) is 0. The van der Waals surface area contributed by atoms with Crippen molar-refractivity contribution in [2.75, 3.05) is 5.73 Å². The van der Waals surface area contributed by atoms with Crippen molar-refractivity contribution in [3.05, 3.63) is 40.4 Å². The zero-order valence-electron chi connectivity index (χ0n) is 10.5. The number of nitrogens with one attached hydrogen (secondary N) is 2. The fourth-order valence-corrected chi connectivity index (χ4v) is 3.20. The van der Waals surface area contributed by atoms with E-state index in [-0.39, 0.29) is 28.5 Å². The summed E-state index contributed by atoms with van der Waals surface area (Å²) >= 11 is 1.38. The molecule has 0 aliphatic heterocycles. The number of hydrogen-bond acceptors (Lipinski definition) is 5. The molecule has 0 unspecified atom stereocenters. The second-order valence-corrected chi connectivity index (χ2v) is 5.61. The van der Waals surface area contributed by atoms with Crippen molar-refractivity contribution in [3.8, 4) is 10.7 Å². The number of anilines is 1. The molecule has 4 N–H and O–H groups in total. The van der Waals surface area contributed by atoms with Gasteiger partial charge in [-0.25, -0.2) is 9.37 Å². The van der Waals surface area contributed by atoms with Crippen molar-refractivity contribution in [2.45, 2.75) is 0 Å². The molecule has 3 aromatic heterocycles. The van der Waals surface area contributed by atoms with Crippen LogP contribution in [0.2, 0.25) is 0 Å². The topological polar surface area (TPSA) is 100 Å². The molecule has 1 aromatic carbocycles. The monoisotopic (exact) mass is 301 g/mol. The summed E-state index contributed by atoms with van der Waals surface area (Å²) in [6, 6.07) is 6.46. The summed E-state index contributed by atoms with van der Waals surface area (Å²) in [6.07, 6.45) is 0. The minimum absolute atomic E-state index is 0.0176. The van der Waals surface area contributed by atoms with Gasteiger partial charge in [0.25, 0.3) is 5.56 Å². The van der Waals surface area contributed by atoms with Crippen LogP contribution in [0.3, 0.4) is 0 Å². The number of halogens is 1. The molecule has 4 rings (SSSR count). The Hall–Kier alpha value is -2.74. The van der Waals surface area contributed by atoms with E-state index >= 15 is 0 Å². The molecular formula is C13H8FN5OS. The number of hydrogen-bond donors (Lipinski definition) is 3. The molecule has 3 heterocycles. The Balaban J connectivity index is 1.95. The molecule has 0 amide bonds. The average molecular weight is 301 g/mol. The van der Waals surface area contributed by atoms with E-state index in [9.17, 15) is 9.18 Å². The van der Waals surface area contributed by atoms with Gasteiger partial charge >= 0.3 is 0 Å². The normalized spacial score (nSPS) is 11.5. The first-order valence-corrected chi connectivity index (χ1v) is 6.87. The lowest BCUT2D eigenvalue weighted by Crippen LogP contribution is -2.10. The van der Waals surface area contributed by atoms with Crippen molar-refractivity contribution in [2.24, 2.45) is 0 Å². The number of benzene rings is 1. The highest BCUT2D eigenvalue weighted by molar-refractivity contribution is 7.22. The summed E-state index contributed by atoms with van der Waals surface area (Å²) < 4.78 is 14.0. The van der Waals surface area contributed by atoms with Gasteiger partial charge in [0, 0.05) is 4.70 Å². The van der Waals surface area contributed by atoms with E-state index in [1.54, 1.807) is 6.07 Å². The Labute approximate surface area is 120 Å². The van der Waals surface area contributed by atoms with Crippen LogP contribution in [-0.4, -0.2) is 19.9 Å². The first kappa shape index (κ1) is 12.0. The Bertz CT molecular complexity index is 1050. The Morgan fingerprint density at radius 1 is 1.19 bits per heavy atom. The Morgan fingerprint density at radius 3 is 2.90 bits per heavy atom. The lowest BCUT2D eigenvalue weighted by molar-refractivity contribution is 0.630. The van der Waals surface area contributed by atoms with Crippen LogP contribution in [0.15, 0.2) is 29.1 Å². The van der Waals surface area contributed by atoms with Crippen LogP contribution in [0.25, 0.3) is 32.0 Å². The third-order valence-corrected chi connectivity index (χ3v) is 4.20. The third-order valence-electron chi connectivity index (χ3n) is 3.10. The predicted octanol–water partition coefficient (Wildman–Crippen LogP) is 2.25. The number of nitrogens with zero attached hydrogens (tertiary/aromatic N) is 2. The standard InChI is InChI=1S/C13H8FN5OS/c14-6-2-1-5-3-8(21-7(5)4-6)10-16-9-11(17-10)18-13(15)19-12(9)20/h1-4H,(H4,15,16,17,18,19,20). The number of fused-ring (bicyclic) bond motifs is 2. The zero-order valence-corrected chi connectivity index (χ0v) is 11.3. The minimum atomic E-state index is -0.372. The molecule has 0 saturated heterocycles. The average Bonchev–Trinajstić information content (AvgIpc) is 3.01. The second-order valence-electron chi connectivity index (χ2n) is 4.53. The van der Waals surface area contributed by atoms with Crippen LogP contribution in [0, 0.1) is 5.82 Å². The zero-order chi connectivity index (χ0) is 14.6. The van der Waals surface area contributed by atoms with Crippen LogP contribution in [0.5, 0.6) is 0 Å². The maximum Gasteiger partial charge on any atom is 0.278 e. The van der Waals surface area contributed by atoms with Crippen LogP contribution >= 0.6 is 11.3 Å². The maximum atomic E-state index is 13.2. The number of aromatic amines is 2. The van der Waals surface area contributed by atoms with Gasteiger partial charge in [-0.05, 0) is 23.6 Å².